The Balaban J connectivity index is 1.81. The Morgan fingerprint density at radius 3 is 2.43 bits per heavy atom. The number of amides is 1. The van der Waals surface area contributed by atoms with Gasteiger partial charge in [-0.15, -0.1) is 0 Å². The van der Waals surface area contributed by atoms with Crippen LogP contribution in [0.2, 0.25) is 0 Å². The Morgan fingerprint density at radius 2 is 1.75 bits per heavy atom. The van der Waals surface area contributed by atoms with Crippen molar-refractivity contribution < 1.29 is 14.3 Å². The van der Waals surface area contributed by atoms with Gasteiger partial charge in [-0.05, 0) is 30.5 Å². The molecule has 0 saturated carbocycles. The van der Waals surface area contributed by atoms with Crippen LogP contribution in [0.4, 0.5) is 4.79 Å². The molecule has 1 amide bonds. The molecule has 146 valence electrons. The average Bonchev–Trinajstić information content (AvgIpc) is 2.73. The molecule has 4 heteroatoms. The van der Waals surface area contributed by atoms with E-state index in [4.69, 9.17) is 4.74 Å². The third-order valence-electron chi connectivity index (χ3n) is 5.02. The van der Waals surface area contributed by atoms with Gasteiger partial charge in [-0.2, -0.15) is 0 Å². The number of carbonyl (C=O) groups is 2. The van der Waals surface area contributed by atoms with Gasteiger partial charge in [0.15, 0.2) is 5.78 Å². The second kappa shape index (κ2) is 9.88. The van der Waals surface area contributed by atoms with Crippen LogP contribution < -0.4 is 4.74 Å². The fourth-order valence-corrected chi connectivity index (χ4v) is 3.46. The van der Waals surface area contributed by atoms with Crippen LogP contribution in [0, 0.1) is 0 Å². The van der Waals surface area contributed by atoms with Gasteiger partial charge in [0.05, 0.1) is 12.6 Å². The maximum Gasteiger partial charge on any atom is 0.416 e. The Labute approximate surface area is 166 Å². The number of unbranched alkanes of at least 4 members (excludes halogenated alkanes) is 3. The Kier molecular flexibility index (Phi) is 7.01. The minimum atomic E-state index is -0.424. The minimum Gasteiger partial charge on any atom is -0.410 e. The van der Waals surface area contributed by atoms with Gasteiger partial charge in [-0.3, -0.25) is 9.69 Å². The molecule has 28 heavy (non-hydrogen) atoms. The zero-order valence-electron chi connectivity index (χ0n) is 16.3. The molecule has 0 bridgehead atoms. The van der Waals surface area contributed by atoms with E-state index in [0.29, 0.717) is 11.3 Å². The second-order valence-corrected chi connectivity index (χ2v) is 7.09. The van der Waals surface area contributed by atoms with E-state index in [1.807, 2.05) is 54.6 Å². The van der Waals surface area contributed by atoms with Crippen LogP contribution in [0.5, 0.6) is 5.75 Å². The van der Waals surface area contributed by atoms with Crippen molar-refractivity contribution in [3.63, 3.8) is 0 Å². The van der Waals surface area contributed by atoms with E-state index >= 15 is 0 Å². The number of ether oxygens (including phenoxy) is 1. The van der Waals surface area contributed by atoms with Gasteiger partial charge in [0, 0.05) is 12.0 Å². The van der Waals surface area contributed by atoms with Crippen molar-refractivity contribution in [1.82, 2.24) is 4.90 Å². The fourth-order valence-electron chi connectivity index (χ4n) is 3.46. The predicted molar refractivity (Wildman–Crippen MR) is 110 cm³/mol. The second-order valence-electron chi connectivity index (χ2n) is 7.09. The molecule has 1 atom stereocenters. The van der Waals surface area contributed by atoms with Crippen LogP contribution in [0.3, 0.4) is 0 Å². The Morgan fingerprint density at radius 1 is 1.07 bits per heavy atom. The molecule has 4 nitrogen and oxygen atoms in total. The highest BCUT2D eigenvalue weighted by Gasteiger charge is 2.35. The van der Waals surface area contributed by atoms with E-state index in [-0.39, 0.29) is 24.8 Å². The first-order chi connectivity index (χ1) is 13.7. The van der Waals surface area contributed by atoms with Crippen LogP contribution in [-0.2, 0) is 4.79 Å². The monoisotopic (exact) mass is 377 g/mol. The van der Waals surface area contributed by atoms with Gasteiger partial charge in [0.25, 0.3) is 0 Å². The van der Waals surface area contributed by atoms with Gasteiger partial charge in [0.2, 0.25) is 0 Å². The van der Waals surface area contributed by atoms with Crippen LogP contribution in [-0.4, -0.2) is 23.3 Å². The summed E-state index contributed by atoms with van der Waals surface area (Å²) in [6.07, 6.45) is 6.07. The summed E-state index contributed by atoms with van der Waals surface area (Å²) in [5.74, 6) is 0.624. The summed E-state index contributed by atoms with van der Waals surface area (Å²) in [7, 11) is 0. The molecule has 0 aromatic heterocycles. The van der Waals surface area contributed by atoms with E-state index in [1.54, 1.807) is 17.0 Å². The standard InChI is InChI=1S/C24H27NO3/c1-2-3-4-7-14-20-18-25(24(27)28-21-15-10-6-11-16-21)22(17-23(20)26)19-12-8-5-9-13-19/h5-6,8-16,22H,2-4,7,17-18H2,1H3/b20-14+. The first kappa shape index (κ1) is 19.9. The molecule has 1 aliphatic rings. The van der Waals surface area contributed by atoms with Crippen LogP contribution in [0.25, 0.3) is 0 Å². The SMILES string of the molecule is CCCCC/C=C1\CN(C(=O)Oc2ccccc2)C(c2ccccc2)CC1=O. The lowest BCUT2D eigenvalue weighted by Gasteiger charge is -2.35. The lowest BCUT2D eigenvalue weighted by atomic mass is 9.91. The summed E-state index contributed by atoms with van der Waals surface area (Å²) < 4.78 is 5.58. The largest absolute Gasteiger partial charge is 0.416 e. The highest BCUT2D eigenvalue weighted by atomic mass is 16.6. The molecule has 2 aromatic rings. The van der Waals surface area contributed by atoms with E-state index in [2.05, 4.69) is 6.92 Å². The first-order valence-electron chi connectivity index (χ1n) is 9.99. The number of piperidine rings is 1. The van der Waals surface area contributed by atoms with Crippen molar-refractivity contribution in [2.24, 2.45) is 0 Å². The number of hydrogen-bond donors (Lipinski definition) is 0. The number of hydrogen-bond acceptors (Lipinski definition) is 3. The maximum absolute atomic E-state index is 12.9. The van der Waals surface area contributed by atoms with Crippen LogP contribution in [0.15, 0.2) is 72.3 Å². The van der Waals surface area contributed by atoms with Crippen LogP contribution >= 0.6 is 0 Å². The smallest absolute Gasteiger partial charge is 0.410 e. The lowest BCUT2D eigenvalue weighted by molar-refractivity contribution is -0.118. The van der Waals surface area contributed by atoms with Crippen molar-refractivity contribution in [2.45, 2.75) is 45.1 Å². The molecule has 0 N–H and O–H groups in total. The molecule has 1 heterocycles. The van der Waals surface area contributed by atoms with Gasteiger partial charge < -0.3 is 4.74 Å². The summed E-state index contributed by atoms with van der Waals surface area (Å²) in [5.41, 5.74) is 1.67. The number of allylic oxidation sites excluding steroid dienone is 1. The third kappa shape index (κ3) is 5.10. The van der Waals surface area contributed by atoms with Crippen molar-refractivity contribution in [3.8, 4) is 5.75 Å². The van der Waals surface area contributed by atoms with Gasteiger partial charge >= 0.3 is 6.09 Å². The molecule has 0 aliphatic carbocycles. The molecule has 1 saturated heterocycles. The number of nitrogens with zero attached hydrogens (tertiary/aromatic N) is 1. The Bertz CT molecular complexity index is 814. The molecule has 3 rings (SSSR count). The summed E-state index contributed by atoms with van der Waals surface area (Å²) in [6.45, 7) is 2.45. The fraction of sp³-hybridized carbons (Fsp3) is 0.333. The van der Waals surface area contributed by atoms with E-state index in [0.717, 1.165) is 31.2 Å². The molecule has 1 unspecified atom stereocenters. The summed E-state index contributed by atoms with van der Waals surface area (Å²) >= 11 is 0. The van der Waals surface area contributed by atoms with Crippen molar-refractivity contribution in [1.29, 1.82) is 0 Å². The Hall–Kier alpha value is -2.88. The van der Waals surface area contributed by atoms with E-state index in [1.165, 1.54) is 0 Å². The van der Waals surface area contributed by atoms with Crippen molar-refractivity contribution in [2.75, 3.05) is 6.54 Å². The highest BCUT2D eigenvalue weighted by molar-refractivity contribution is 5.98. The summed E-state index contributed by atoms with van der Waals surface area (Å²) in [5, 5.41) is 0. The molecule has 1 aliphatic heterocycles. The average molecular weight is 377 g/mol. The first-order valence-corrected chi connectivity index (χ1v) is 9.99. The zero-order valence-corrected chi connectivity index (χ0v) is 16.3. The van der Waals surface area contributed by atoms with Gasteiger partial charge in [0.1, 0.15) is 5.75 Å². The summed E-state index contributed by atoms with van der Waals surface area (Å²) in [6, 6.07) is 18.4. The molecule has 1 fully saturated rings. The van der Waals surface area contributed by atoms with Crippen LogP contribution in [0.1, 0.15) is 50.6 Å². The minimum absolute atomic E-state index is 0.120. The number of carbonyl (C=O) groups excluding carboxylic acids is 2. The number of likely N-dealkylation sites (tertiary alicyclic amines) is 1. The van der Waals surface area contributed by atoms with E-state index in [9.17, 15) is 9.59 Å². The molecular formula is C24H27NO3. The van der Waals surface area contributed by atoms with Gasteiger partial charge in [-0.25, -0.2) is 4.79 Å². The molecule has 0 radical (unpaired) electrons. The predicted octanol–water partition coefficient (Wildman–Crippen LogP) is 5.71. The zero-order chi connectivity index (χ0) is 19.8. The topological polar surface area (TPSA) is 46.6 Å². The molecule has 0 spiro atoms. The van der Waals surface area contributed by atoms with Crippen molar-refractivity contribution in [3.05, 3.63) is 77.9 Å². The lowest BCUT2D eigenvalue weighted by Crippen LogP contribution is -2.44. The van der Waals surface area contributed by atoms with Gasteiger partial charge in [-0.1, -0.05) is 74.4 Å². The van der Waals surface area contributed by atoms with E-state index < -0.39 is 6.09 Å². The third-order valence-corrected chi connectivity index (χ3v) is 5.02. The molecular weight excluding hydrogens is 350 g/mol. The number of benzene rings is 2. The highest BCUT2D eigenvalue weighted by Crippen LogP contribution is 2.32. The molecule has 2 aromatic carbocycles. The van der Waals surface area contributed by atoms with Crippen molar-refractivity contribution >= 4 is 11.9 Å². The maximum atomic E-state index is 12.9. The summed E-state index contributed by atoms with van der Waals surface area (Å²) in [4.78, 5) is 27.3. The normalized spacial score (nSPS) is 18.3. The quantitative estimate of drug-likeness (QED) is 0.478. The number of para-hydroxylation sites is 1. The number of ketones is 1. The number of Topliss-reactive ketones (excluding diaryl/α,β-unsaturated/α-hetero) is 1. The number of rotatable bonds is 6.